The minimum absolute atomic E-state index is 0.268. The van der Waals surface area contributed by atoms with E-state index in [4.69, 9.17) is 0 Å². The van der Waals surface area contributed by atoms with Crippen LogP contribution in [0.2, 0.25) is 0 Å². The van der Waals surface area contributed by atoms with E-state index >= 15 is 0 Å². The van der Waals surface area contributed by atoms with Crippen molar-refractivity contribution in [3.8, 4) is 0 Å². The van der Waals surface area contributed by atoms with Crippen LogP contribution in [0.25, 0.3) is 10.8 Å². The molecule has 1 heteroatoms. The van der Waals surface area contributed by atoms with E-state index in [-0.39, 0.29) is 5.54 Å². The van der Waals surface area contributed by atoms with Crippen LogP contribution in [0.15, 0.2) is 36.4 Å². The van der Waals surface area contributed by atoms with Crippen LogP contribution >= 0.6 is 0 Å². The monoisotopic (exact) mass is 337 g/mol. The average molecular weight is 338 g/mol. The van der Waals surface area contributed by atoms with Gasteiger partial charge in [0.1, 0.15) is 0 Å². The molecule has 136 valence electrons. The number of hydrogen-bond donors (Lipinski definition) is 1. The predicted molar refractivity (Wildman–Crippen MR) is 112 cm³/mol. The molecule has 0 aliphatic carbocycles. The fraction of sp³-hybridized carbons (Fsp3) is 0.583. The van der Waals surface area contributed by atoms with Crippen molar-refractivity contribution < 1.29 is 0 Å². The summed E-state index contributed by atoms with van der Waals surface area (Å²) >= 11 is 0. The lowest BCUT2D eigenvalue weighted by Crippen LogP contribution is -2.43. The van der Waals surface area contributed by atoms with E-state index in [0.29, 0.717) is 0 Å². The fourth-order valence-electron chi connectivity index (χ4n) is 4.57. The van der Waals surface area contributed by atoms with Gasteiger partial charge in [-0.25, -0.2) is 0 Å². The van der Waals surface area contributed by atoms with Crippen molar-refractivity contribution in [2.75, 3.05) is 5.32 Å². The third kappa shape index (κ3) is 4.37. The summed E-state index contributed by atoms with van der Waals surface area (Å²) in [6.45, 7) is 4.60. The molecule has 2 aromatic carbocycles. The largest absolute Gasteiger partial charge is 0.379 e. The zero-order valence-corrected chi connectivity index (χ0v) is 16.2. The molecule has 0 amide bonds. The molecule has 1 nitrogen and oxygen atoms in total. The van der Waals surface area contributed by atoms with Crippen LogP contribution in [0.5, 0.6) is 0 Å². The molecular weight excluding hydrogens is 302 g/mol. The Labute approximate surface area is 154 Å². The van der Waals surface area contributed by atoms with Crippen molar-refractivity contribution in [1.29, 1.82) is 0 Å². The van der Waals surface area contributed by atoms with Gasteiger partial charge in [-0.15, -0.1) is 0 Å². The number of benzene rings is 2. The van der Waals surface area contributed by atoms with Gasteiger partial charge in [-0.3, -0.25) is 0 Å². The van der Waals surface area contributed by atoms with Crippen molar-refractivity contribution in [1.82, 2.24) is 0 Å². The van der Waals surface area contributed by atoms with E-state index in [2.05, 4.69) is 55.6 Å². The lowest BCUT2D eigenvalue weighted by molar-refractivity contribution is 0.361. The van der Waals surface area contributed by atoms with Crippen LogP contribution in [-0.2, 0) is 6.42 Å². The Hall–Kier alpha value is -1.50. The molecule has 0 bridgehead atoms. The third-order valence-corrected chi connectivity index (χ3v) is 5.94. The average Bonchev–Trinajstić information content (AvgIpc) is 2.63. The molecule has 25 heavy (non-hydrogen) atoms. The summed E-state index contributed by atoms with van der Waals surface area (Å²) in [5.41, 5.74) is 3.19. The van der Waals surface area contributed by atoms with Crippen LogP contribution in [0, 0.1) is 0 Å². The molecule has 1 heterocycles. The van der Waals surface area contributed by atoms with Crippen LogP contribution < -0.4 is 5.32 Å². The van der Waals surface area contributed by atoms with Crippen LogP contribution in [0.4, 0.5) is 5.69 Å². The molecule has 0 atom stereocenters. The highest BCUT2D eigenvalue weighted by Gasteiger charge is 2.33. The lowest BCUT2D eigenvalue weighted by atomic mass is 9.77. The molecule has 0 unspecified atom stereocenters. The van der Waals surface area contributed by atoms with Crippen molar-refractivity contribution in [2.45, 2.75) is 90.0 Å². The maximum Gasteiger partial charge on any atom is 0.0427 e. The zero-order chi connectivity index (χ0) is 17.5. The first-order chi connectivity index (χ1) is 12.3. The van der Waals surface area contributed by atoms with E-state index in [9.17, 15) is 0 Å². The van der Waals surface area contributed by atoms with Crippen LogP contribution in [-0.4, -0.2) is 5.54 Å². The van der Waals surface area contributed by atoms with Gasteiger partial charge < -0.3 is 5.32 Å². The summed E-state index contributed by atoms with van der Waals surface area (Å²) in [5, 5.41) is 6.87. The topological polar surface area (TPSA) is 12.0 Å². The Morgan fingerprint density at radius 1 is 0.800 bits per heavy atom. The molecule has 2 aromatic rings. The first-order valence-electron chi connectivity index (χ1n) is 10.6. The summed E-state index contributed by atoms with van der Waals surface area (Å²) < 4.78 is 0. The molecule has 0 radical (unpaired) electrons. The van der Waals surface area contributed by atoms with Gasteiger partial charge in [0.15, 0.2) is 0 Å². The number of anilines is 1. The summed E-state index contributed by atoms with van der Waals surface area (Å²) in [5.74, 6) is 0. The van der Waals surface area contributed by atoms with Gasteiger partial charge in [-0.1, -0.05) is 95.5 Å². The molecule has 0 saturated carbocycles. The van der Waals surface area contributed by atoms with Crippen molar-refractivity contribution in [3.05, 3.63) is 42.0 Å². The number of rotatable bonds is 10. The van der Waals surface area contributed by atoms with E-state index in [1.807, 2.05) is 0 Å². The molecule has 1 N–H and O–H groups in total. The Morgan fingerprint density at radius 3 is 2.08 bits per heavy atom. The Balaban J connectivity index is 1.80. The molecule has 0 aromatic heterocycles. The molecule has 1 aliphatic rings. The van der Waals surface area contributed by atoms with Crippen LogP contribution in [0.3, 0.4) is 0 Å². The quantitative estimate of drug-likeness (QED) is 0.443. The molecule has 0 fully saturated rings. The SMILES string of the molecule is CCCCCCC1(CCCCCC)Cc2cccc3cccc(c23)N1. The molecule has 3 rings (SSSR count). The summed E-state index contributed by atoms with van der Waals surface area (Å²) in [7, 11) is 0. The van der Waals surface area contributed by atoms with Gasteiger partial charge in [-0.2, -0.15) is 0 Å². The third-order valence-electron chi connectivity index (χ3n) is 5.94. The highest BCUT2D eigenvalue weighted by molar-refractivity contribution is 5.98. The smallest absolute Gasteiger partial charge is 0.0427 e. The number of nitrogens with one attached hydrogen (secondary N) is 1. The fourth-order valence-corrected chi connectivity index (χ4v) is 4.57. The van der Waals surface area contributed by atoms with E-state index < -0.39 is 0 Å². The predicted octanol–water partition coefficient (Wildman–Crippen LogP) is 7.49. The zero-order valence-electron chi connectivity index (χ0n) is 16.2. The number of unbranched alkanes of at least 4 members (excludes halogenated alkanes) is 6. The van der Waals surface area contributed by atoms with E-state index in [0.717, 1.165) is 0 Å². The van der Waals surface area contributed by atoms with Crippen LogP contribution in [0.1, 0.15) is 83.6 Å². The molecular formula is C24H35N. The summed E-state index contributed by atoms with van der Waals surface area (Å²) in [6.07, 6.45) is 14.7. The first-order valence-corrected chi connectivity index (χ1v) is 10.6. The minimum Gasteiger partial charge on any atom is -0.379 e. The highest BCUT2D eigenvalue weighted by Crippen LogP contribution is 2.40. The van der Waals surface area contributed by atoms with Crippen molar-refractivity contribution >= 4 is 16.5 Å². The van der Waals surface area contributed by atoms with E-state index in [1.165, 1.54) is 87.1 Å². The van der Waals surface area contributed by atoms with Crippen molar-refractivity contribution in [2.24, 2.45) is 0 Å². The number of hydrogen-bond acceptors (Lipinski definition) is 1. The van der Waals surface area contributed by atoms with Gasteiger partial charge in [-0.05, 0) is 36.3 Å². The second-order valence-corrected chi connectivity index (χ2v) is 8.02. The second kappa shape index (κ2) is 8.74. The highest BCUT2D eigenvalue weighted by atomic mass is 15.0. The van der Waals surface area contributed by atoms with Crippen molar-refractivity contribution in [3.63, 3.8) is 0 Å². The first kappa shape index (κ1) is 18.3. The lowest BCUT2D eigenvalue weighted by Gasteiger charge is -2.41. The van der Waals surface area contributed by atoms with Gasteiger partial charge in [0.05, 0.1) is 0 Å². The Kier molecular flexibility index (Phi) is 6.39. The maximum absolute atomic E-state index is 4.03. The second-order valence-electron chi connectivity index (χ2n) is 8.02. The molecule has 0 saturated heterocycles. The summed E-state index contributed by atoms with van der Waals surface area (Å²) in [6, 6.07) is 13.6. The molecule has 1 aliphatic heterocycles. The Bertz CT molecular complexity index is 618. The van der Waals surface area contributed by atoms with Gasteiger partial charge in [0.2, 0.25) is 0 Å². The normalized spacial score (nSPS) is 15.3. The standard InChI is InChI=1S/C24H35N/c1-3-5-7-9-17-24(18-10-8-6-4-2)19-21-15-11-13-20-14-12-16-22(25-24)23(20)21/h11-16,25H,3-10,17-19H2,1-2H3. The molecule has 0 spiro atoms. The van der Waals surface area contributed by atoms with E-state index in [1.54, 1.807) is 5.56 Å². The van der Waals surface area contributed by atoms with Gasteiger partial charge in [0, 0.05) is 16.6 Å². The Morgan fingerprint density at radius 2 is 1.44 bits per heavy atom. The van der Waals surface area contributed by atoms with Gasteiger partial charge in [0.25, 0.3) is 0 Å². The summed E-state index contributed by atoms with van der Waals surface area (Å²) in [4.78, 5) is 0. The maximum atomic E-state index is 4.03. The van der Waals surface area contributed by atoms with Gasteiger partial charge >= 0.3 is 0 Å². The minimum atomic E-state index is 0.268.